The van der Waals surface area contributed by atoms with Gasteiger partial charge in [0.15, 0.2) is 6.79 Å². The zero-order valence-electron chi connectivity index (χ0n) is 17.8. The summed E-state index contributed by atoms with van der Waals surface area (Å²) in [6.07, 6.45) is 3.03. The zero-order chi connectivity index (χ0) is 23.1. The molecule has 0 unspecified atom stereocenters. The number of amides is 1. The predicted octanol–water partition coefficient (Wildman–Crippen LogP) is 3.73. The number of sulfonamides is 1. The first-order valence-electron chi connectivity index (χ1n) is 9.55. The lowest BCUT2D eigenvalue weighted by molar-refractivity contribution is -0.111. The molecule has 168 valence electrons. The molecule has 0 aliphatic carbocycles. The van der Waals surface area contributed by atoms with Gasteiger partial charge in [-0.1, -0.05) is 17.3 Å². The lowest BCUT2D eigenvalue weighted by Gasteiger charge is -2.07. The van der Waals surface area contributed by atoms with Crippen molar-refractivity contribution >= 4 is 33.6 Å². The van der Waals surface area contributed by atoms with Crippen molar-refractivity contribution in [2.75, 3.05) is 23.9 Å². The maximum Gasteiger partial charge on any atom is 0.264 e. The molecule has 2 aromatic carbocycles. The molecule has 3 aromatic rings. The van der Waals surface area contributed by atoms with E-state index < -0.39 is 10.0 Å². The van der Waals surface area contributed by atoms with E-state index in [0.29, 0.717) is 22.7 Å². The van der Waals surface area contributed by atoms with Crippen molar-refractivity contribution in [1.29, 1.82) is 0 Å². The molecule has 0 saturated carbocycles. The summed E-state index contributed by atoms with van der Waals surface area (Å²) in [5.41, 5.74) is 2.48. The topological polar surface area (TPSA) is 120 Å². The van der Waals surface area contributed by atoms with Gasteiger partial charge in [0, 0.05) is 24.4 Å². The maximum atomic E-state index is 12.5. The number of rotatable bonds is 9. The molecule has 9 nitrogen and oxygen atoms in total. The van der Waals surface area contributed by atoms with E-state index in [2.05, 4.69) is 15.2 Å². The molecule has 2 N–H and O–H groups in total. The smallest absolute Gasteiger partial charge is 0.264 e. The van der Waals surface area contributed by atoms with E-state index in [1.54, 1.807) is 51.3 Å². The van der Waals surface area contributed by atoms with Gasteiger partial charge < -0.3 is 19.3 Å². The summed E-state index contributed by atoms with van der Waals surface area (Å²) < 4.78 is 42.6. The van der Waals surface area contributed by atoms with E-state index in [4.69, 9.17) is 14.0 Å². The number of hydrogen-bond acceptors (Lipinski definition) is 7. The van der Waals surface area contributed by atoms with Crippen molar-refractivity contribution in [1.82, 2.24) is 5.16 Å². The molecule has 0 saturated heterocycles. The Morgan fingerprint density at radius 3 is 2.38 bits per heavy atom. The zero-order valence-corrected chi connectivity index (χ0v) is 18.6. The summed E-state index contributed by atoms with van der Waals surface area (Å²) in [5.74, 6) is 0.376. The molecule has 10 heteroatoms. The molecular weight excluding hydrogens is 434 g/mol. The van der Waals surface area contributed by atoms with Gasteiger partial charge in [0.05, 0.1) is 10.6 Å². The van der Waals surface area contributed by atoms with Crippen LogP contribution in [0.5, 0.6) is 5.75 Å². The van der Waals surface area contributed by atoms with Crippen LogP contribution in [0, 0.1) is 13.8 Å². The highest BCUT2D eigenvalue weighted by Gasteiger charge is 2.19. The van der Waals surface area contributed by atoms with Gasteiger partial charge in [-0.15, -0.1) is 0 Å². The van der Waals surface area contributed by atoms with Crippen LogP contribution in [0.3, 0.4) is 0 Å². The first-order valence-corrected chi connectivity index (χ1v) is 11.0. The Morgan fingerprint density at radius 2 is 1.78 bits per heavy atom. The second-order valence-corrected chi connectivity index (χ2v) is 8.48. The summed E-state index contributed by atoms with van der Waals surface area (Å²) in [6, 6.07) is 12.9. The number of aromatic nitrogens is 1. The molecule has 1 aromatic heterocycles. The minimum Gasteiger partial charge on any atom is -0.468 e. The summed E-state index contributed by atoms with van der Waals surface area (Å²) >= 11 is 0. The summed E-state index contributed by atoms with van der Waals surface area (Å²) in [6.45, 7) is 3.58. The normalized spacial score (nSPS) is 11.5. The van der Waals surface area contributed by atoms with Gasteiger partial charge in [-0.05, 0) is 61.9 Å². The molecule has 1 heterocycles. The number of nitrogens with zero attached hydrogens (tertiary/aromatic N) is 1. The molecular formula is C22H23N3O6S. The van der Waals surface area contributed by atoms with E-state index in [9.17, 15) is 13.2 Å². The van der Waals surface area contributed by atoms with Gasteiger partial charge in [0.1, 0.15) is 5.75 Å². The number of carbonyl (C=O) groups excluding carboxylic acids is 1. The Labute approximate surface area is 186 Å². The van der Waals surface area contributed by atoms with Crippen molar-refractivity contribution in [2.45, 2.75) is 18.7 Å². The maximum absolute atomic E-state index is 12.5. The van der Waals surface area contributed by atoms with Gasteiger partial charge >= 0.3 is 0 Å². The van der Waals surface area contributed by atoms with E-state index in [-0.39, 0.29) is 23.5 Å². The van der Waals surface area contributed by atoms with Crippen LogP contribution in [0.15, 0.2) is 64.0 Å². The minimum atomic E-state index is -3.85. The lowest BCUT2D eigenvalue weighted by atomic mass is 10.2. The second kappa shape index (κ2) is 10.1. The fourth-order valence-electron chi connectivity index (χ4n) is 2.57. The van der Waals surface area contributed by atoms with Crippen LogP contribution < -0.4 is 14.8 Å². The average Bonchev–Trinajstić information content (AvgIpc) is 3.09. The Morgan fingerprint density at radius 1 is 1.09 bits per heavy atom. The number of aryl methyl sites for hydroxylation is 1. The monoisotopic (exact) mass is 457 g/mol. The Hall–Kier alpha value is -3.63. The third-order valence-electron chi connectivity index (χ3n) is 4.47. The molecule has 3 rings (SSSR count). The predicted molar refractivity (Wildman–Crippen MR) is 120 cm³/mol. The number of carbonyl (C=O) groups is 1. The Balaban J connectivity index is 1.59. The number of benzene rings is 2. The van der Waals surface area contributed by atoms with Crippen molar-refractivity contribution < 1.29 is 27.2 Å². The van der Waals surface area contributed by atoms with Gasteiger partial charge in [-0.2, -0.15) is 0 Å². The molecule has 0 fully saturated rings. The van der Waals surface area contributed by atoms with Gasteiger partial charge in [-0.3, -0.25) is 4.79 Å². The van der Waals surface area contributed by atoms with E-state index in [1.807, 2.05) is 0 Å². The first kappa shape index (κ1) is 23.0. The number of anilines is 2. The van der Waals surface area contributed by atoms with Crippen molar-refractivity contribution in [3.8, 4) is 5.75 Å². The Bertz CT molecular complexity index is 1200. The number of nitrogens with one attached hydrogen (secondary N) is 2. The summed E-state index contributed by atoms with van der Waals surface area (Å²) in [4.78, 5) is 12.2. The third kappa shape index (κ3) is 5.96. The van der Waals surface area contributed by atoms with Crippen LogP contribution in [0.1, 0.15) is 16.8 Å². The minimum absolute atomic E-state index is 0.0234. The largest absolute Gasteiger partial charge is 0.468 e. The van der Waals surface area contributed by atoms with Crippen molar-refractivity contribution in [2.24, 2.45) is 0 Å². The molecule has 0 aliphatic heterocycles. The van der Waals surface area contributed by atoms with E-state index in [1.165, 1.54) is 30.3 Å². The van der Waals surface area contributed by atoms with Crippen molar-refractivity contribution in [3.05, 3.63) is 71.4 Å². The number of methoxy groups -OCH3 is 1. The van der Waals surface area contributed by atoms with Crippen LogP contribution in [-0.4, -0.2) is 33.4 Å². The highest BCUT2D eigenvalue weighted by atomic mass is 32.2. The fourth-order valence-corrected chi connectivity index (χ4v) is 3.61. The summed E-state index contributed by atoms with van der Waals surface area (Å²) in [5, 5.41) is 6.41. The van der Waals surface area contributed by atoms with Crippen LogP contribution in [0.2, 0.25) is 0 Å². The molecule has 1 amide bonds. The third-order valence-corrected chi connectivity index (χ3v) is 5.81. The van der Waals surface area contributed by atoms with Gasteiger partial charge in [0.2, 0.25) is 11.8 Å². The van der Waals surface area contributed by atoms with E-state index >= 15 is 0 Å². The highest BCUT2D eigenvalue weighted by molar-refractivity contribution is 7.92. The lowest BCUT2D eigenvalue weighted by Crippen LogP contribution is -2.13. The SMILES string of the molecule is COCOc1ccc(/C=C/C(=O)Nc2ccc(S(=O)(=O)Nc3onc(C)c3C)cc2)cc1. The van der Waals surface area contributed by atoms with Gasteiger partial charge in [0.25, 0.3) is 10.0 Å². The first-order chi connectivity index (χ1) is 15.3. The van der Waals surface area contributed by atoms with Crippen LogP contribution >= 0.6 is 0 Å². The van der Waals surface area contributed by atoms with Crippen LogP contribution in [-0.2, 0) is 19.6 Å². The van der Waals surface area contributed by atoms with Crippen LogP contribution in [0.25, 0.3) is 6.08 Å². The average molecular weight is 458 g/mol. The quantitative estimate of drug-likeness (QED) is 0.371. The standard InChI is InChI=1S/C22H23N3O6S/c1-15-16(2)24-31-22(15)25-32(27,28)20-11-7-18(8-12-20)23-21(26)13-6-17-4-9-19(10-5-17)30-14-29-3/h4-13,25H,14H2,1-3H3,(H,23,26)/b13-6+. The number of ether oxygens (including phenoxy) is 2. The van der Waals surface area contributed by atoms with Crippen LogP contribution in [0.4, 0.5) is 11.6 Å². The fraction of sp³-hybridized carbons (Fsp3) is 0.182. The van der Waals surface area contributed by atoms with E-state index in [0.717, 1.165) is 5.56 Å². The Kier molecular flexibility index (Phi) is 7.29. The molecule has 0 bridgehead atoms. The number of hydrogen-bond donors (Lipinski definition) is 2. The second-order valence-electron chi connectivity index (χ2n) is 6.79. The highest BCUT2D eigenvalue weighted by Crippen LogP contribution is 2.22. The molecule has 0 aliphatic rings. The van der Waals surface area contributed by atoms with Crippen molar-refractivity contribution in [3.63, 3.8) is 0 Å². The molecule has 0 radical (unpaired) electrons. The molecule has 32 heavy (non-hydrogen) atoms. The molecule has 0 spiro atoms. The van der Waals surface area contributed by atoms with Gasteiger partial charge in [-0.25, -0.2) is 13.1 Å². The summed E-state index contributed by atoms with van der Waals surface area (Å²) in [7, 11) is -2.31. The molecule has 0 atom stereocenters.